The maximum absolute atomic E-state index is 13.2. The first kappa shape index (κ1) is 90.8. The number of primary sulfonamides is 3. The highest BCUT2D eigenvalue weighted by Crippen LogP contribution is 2.39. The molecule has 1 aliphatic heterocycles. The summed E-state index contributed by atoms with van der Waals surface area (Å²) < 4.78 is 238. The smallest absolute Gasteiger partial charge is 0.399 e. The highest BCUT2D eigenvalue weighted by atomic mass is 35.5. The van der Waals surface area contributed by atoms with Gasteiger partial charge >= 0.3 is 19.5 Å². The molecule has 0 radical (unpaired) electrons. The molecular weight excluding hydrogens is 1540 g/mol. The number of rotatable bonds is 29. The van der Waals surface area contributed by atoms with Crippen LogP contribution in [0.1, 0.15) is 158 Å². The fourth-order valence-corrected chi connectivity index (χ4v) is 14.9. The highest BCUT2D eigenvalue weighted by Gasteiger charge is 2.52. The maximum atomic E-state index is 13.2. The molecule has 0 atom stereocenters. The Balaban J connectivity index is 0.000000257. The number of Topliss-reactive ketones (excluding diaryl/α,β-unsaturated/α-hetero) is 3. The summed E-state index contributed by atoms with van der Waals surface area (Å²) in [6.45, 7) is 12.5. The number of aryl methyl sites for hydroxylation is 6. The van der Waals surface area contributed by atoms with E-state index in [2.05, 4.69) is 0 Å². The average Bonchev–Trinajstić information content (AvgIpc) is 1.61. The Morgan fingerprint density at radius 3 is 0.973 bits per heavy atom. The zero-order chi connectivity index (χ0) is 80.9. The van der Waals surface area contributed by atoms with Gasteiger partial charge in [-0.2, -0.15) is 26.3 Å². The normalized spacial score (nSPS) is 13.7. The van der Waals surface area contributed by atoms with Crippen molar-refractivity contribution in [1.82, 2.24) is 0 Å². The molecule has 9 rings (SSSR count). The molecule has 0 aromatic heterocycles. The van der Waals surface area contributed by atoms with Crippen LogP contribution in [-0.4, -0.2) is 92.6 Å². The van der Waals surface area contributed by atoms with E-state index in [0.717, 1.165) is 11.0 Å². The molecule has 1 heterocycles. The van der Waals surface area contributed by atoms with E-state index >= 15 is 0 Å². The van der Waals surface area contributed by atoms with Crippen LogP contribution in [0.25, 0.3) is 22.3 Å². The molecule has 0 amide bonds. The average molecular weight is 1620 g/mol. The zero-order valence-corrected chi connectivity index (χ0v) is 64.4. The summed E-state index contributed by atoms with van der Waals surface area (Å²) in [5.41, 5.74) is 6.98. The second-order valence-corrected chi connectivity index (χ2v) is 32.3. The Morgan fingerprint density at radius 1 is 0.400 bits per heavy atom. The highest BCUT2D eigenvalue weighted by molar-refractivity contribution is 7.89. The van der Waals surface area contributed by atoms with Gasteiger partial charge in [-0.25, -0.2) is 67.0 Å². The van der Waals surface area contributed by atoms with Gasteiger partial charge < -0.3 is 9.31 Å². The third-order valence-corrected chi connectivity index (χ3v) is 21.8. The summed E-state index contributed by atoms with van der Waals surface area (Å²) in [6.07, 6.45) is -18.5. The van der Waals surface area contributed by atoms with Crippen LogP contribution in [0.2, 0.25) is 0 Å². The van der Waals surface area contributed by atoms with Gasteiger partial charge in [-0.1, -0.05) is 121 Å². The molecule has 6 N–H and O–H groups in total. The SMILES string of the molecule is Cc1cc(CC(=O)c2ccc(-c3ccccc3CC(F)(F)F)c(CCCC(F)F)c2)ccc1S(N)(=O)=O.Cc1cc(CC(=O)c2ccc(-c3ccccc3CC(F)(F)F)c(CCCC(F)F)c2)ccc1S(N)(=O)=O.Cc1cc(CC(=O)c2ccc(B3OC(C)(C)C(C)(C)O3)c(CCCC(F)F)c2)ccc1S(N)(=O)=O.Cl. The molecule has 0 spiro atoms. The van der Waals surface area contributed by atoms with Crippen LogP contribution in [0.4, 0.5) is 52.7 Å². The monoisotopic (exact) mass is 1620 g/mol. The van der Waals surface area contributed by atoms with E-state index in [4.69, 9.17) is 24.7 Å². The summed E-state index contributed by atoms with van der Waals surface area (Å²) in [4.78, 5) is 39.0. The molecule has 8 aromatic rings. The number of sulfonamides is 3. The zero-order valence-electron chi connectivity index (χ0n) is 61.1. The number of nitrogens with two attached hydrogens (primary N) is 3. The van der Waals surface area contributed by atoms with Crippen molar-refractivity contribution < 1.29 is 102 Å². The molecule has 0 aliphatic carbocycles. The molecule has 8 aromatic carbocycles. The molecule has 1 saturated heterocycles. The Hall–Kier alpha value is -8.07. The Kier molecular flexibility index (Phi) is 31.3. The van der Waals surface area contributed by atoms with Crippen molar-refractivity contribution >= 4 is 72.4 Å². The number of hydrogen-bond acceptors (Lipinski definition) is 11. The summed E-state index contributed by atoms with van der Waals surface area (Å²) >= 11 is 0. The lowest BCUT2D eigenvalue weighted by atomic mass is 9.74. The summed E-state index contributed by atoms with van der Waals surface area (Å²) in [5.74, 6) is -0.802. The first-order valence-corrected chi connectivity index (χ1v) is 39.1. The third kappa shape index (κ3) is 26.3. The molecule has 0 saturated carbocycles. The van der Waals surface area contributed by atoms with Crippen LogP contribution >= 0.6 is 12.4 Å². The maximum Gasteiger partial charge on any atom is 0.495 e. The molecule has 1 aliphatic rings. The number of alkyl halides is 12. The molecule has 0 unspecified atom stereocenters. The van der Waals surface area contributed by atoms with Crippen LogP contribution in [0.15, 0.2) is 172 Å². The summed E-state index contributed by atoms with van der Waals surface area (Å²) in [6, 6.07) is 39.7. The second kappa shape index (κ2) is 38.0. The van der Waals surface area contributed by atoms with Crippen LogP contribution < -0.4 is 20.9 Å². The lowest BCUT2D eigenvalue weighted by Gasteiger charge is -2.32. The lowest BCUT2D eigenvalue weighted by Crippen LogP contribution is -2.41. The van der Waals surface area contributed by atoms with E-state index in [0.29, 0.717) is 78.7 Å². The molecular formula is C79H85BClF12N3O11S3. The molecule has 0 bridgehead atoms. The molecule has 14 nitrogen and oxygen atoms in total. The predicted octanol–water partition coefficient (Wildman–Crippen LogP) is 17.2. The van der Waals surface area contributed by atoms with Gasteiger partial charge in [0.1, 0.15) is 0 Å². The van der Waals surface area contributed by atoms with Crippen molar-refractivity contribution in [3.8, 4) is 22.3 Å². The number of halogens is 13. The van der Waals surface area contributed by atoms with Gasteiger partial charge in [0.2, 0.25) is 49.3 Å². The van der Waals surface area contributed by atoms with Crippen molar-refractivity contribution in [2.24, 2.45) is 15.4 Å². The van der Waals surface area contributed by atoms with Crippen molar-refractivity contribution in [3.05, 3.63) is 236 Å². The summed E-state index contributed by atoms with van der Waals surface area (Å²) in [5, 5.41) is 15.6. The van der Waals surface area contributed by atoms with Gasteiger partial charge in [-0.05, 0) is 212 Å². The van der Waals surface area contributed by atoms with Crippen LogP contribution in [-0.2, 0) is 90.7 Å². The van der Waals surface area contributed by atoms with Gasteiger partial charge in [0.05, 0.1) is 38.7 Å². The van der Waals surface area contributed by atoms with Crippen molar-refractivity contribution in [2.75, 3.05) is 0 Å². The molecule has 594 valence electrons. The van der Waals surface area contributed by atoms with Crippen molar-refractivity contribution in [1.29, 1.82) is 0 Å². The van der Waals surface area contributed by atoms with Gasteiger partial charge in [0.15, 0.2) is 17.3 Å². The minimum absolute atomic E-state index is 0. The van der Waals surface area contributed by atoms with Crippen LogP contribution in [0.3, 0.4) is 0 Å². The fourth-order valence-electron chi connectivity index (χ4n) is 12.6. The fraction of sp³-hybridized carbons (Fsp3) is 0.354. The second-order valence-electron chi connectivity index (χ2n) is 27.7. The number of ketones is 3. The van der Waals surface area contributed by atoms with Crippen molar-refractivity contribution in [2.45, 2.75) is 196 Å². The van der Waals surface area contributed by atoms with E-state index < -0.39 is 92.9 Å². The van der Waals surface area contributed by atoms with E-state index in [-0.39, 0.29) is 137 Å². The minimum atomic E-state index is -4.43. The van der Waals surface area contributed by atoms with Gasteiger partial charge in [-0.3, -0.25) is 14.4 Å². The van der Waals surface area contributed by atoms with Crippen LogP contribution in [0.5, 0.6) is 0 Å². The third-order valence-electron chi connectivity index (χ3n) is 18.6. The molecule has 110 heavy (non-hydrogen) atoms. The van der Waals surface area contributed by atoms with Crippen molar-refractivity contribution in [3.63, 3.8) is 0 Å². The lowest BCUT2D eigenvalue weighted by molar-refractivity contribution is -0.128. The number of hydrogen-bond donors (Lipinski definition) is 3. The van der Waals surface area contributed by atoms with E-state index in [9.17, 15) is 92.3 Å². The largest absolute Gasteiger partial charge is 0.495 e. The van der Waals surface area contributed by atoms with Gasteiger partial charge in [0.25, 0.3) is 0 Å². The number of carbonyl (C=O) groups is 3. The van der Waals surface area contributed by atoms with E-state index in [1.165, 1.54) is 66.7 Å². The Morgan fingerprint density at radius 2 is 0.682 bits per heavy atom. The number of carbonyl (C=O) groups excluding carboxylic acids is 3. The Bertz CT molecular complexity index is 4740. The quantitative estimate of drug-likeness (QED) is 0.0226. The van der Waals surface area contributed by atoms with E-state index in [1.54, 1.807) is 112 Å². The first-order valence-electron chi connectivity index (χ1n) is 34.4. The topological polar surface area (TPSA) is 250 Å². The van der Waals surface area contributed by atoms with Gasteiger partial charge in [-0.15, -0.1) is 12.4 Å². The van der Waals surface area contributed by atoms with Gasteiger partial charge in [0, 0.05) is 55.2 Å². The van der Waals surface area contributed by atoms with Crippen LogP contribution in [0, 0.1) is 20.8 Å². The first-order chi connectivity index (χ1) is 50.6. The Labute approximate surface area is 639 Å². The standard InChI is InChI=1S/2C27H26F5NO3S.C25H32BF2NO5S.ClH/c2*1-17-13-18(9-12-25(17)37(33,35)36)14-24(34)20-10-11-23(19(15-20)6-4-8-26(28)29)22-7-3-2-5-21(22)16-27(30,31)32;1-16-13-17(9-12-22(16)35(29,31)32)14-21(30)19-10-11-20(18(15-19)7-6-8-23(27)28)26-33-24(2,3)25(4,5)34-26;/h2*2-3,5,7,9-13,15,26H,4,6,8,14,16H2,1H3,(H2,33,35,36);9-13,15,23H,6-8,14H2,1-5H3,(H2,29,31,32);1H. The predicted molar refractivity (Wildman–Crippen MR) is 401 cm³/mol. The minimum Gasteiger partial charge on any atom is -0.399 e. The molecule has 1 fully saturated rings. The molecule has 31 heteroatoms. The summed E-state index contributed by atoms with van der Waals surface area (Å²) in [7, 11) is -12.3. The van der Waals surface area contributed by atoms with E-state index in [1.807, 2.05) is 27.7 Å². The number of benzene rings is 8.